The zero-order valence-corrected chi connectivity index (χ0v) is 6.47. The number of alkyl halides is 1. The van der Waals surface area contributed by atoms with Crippen LogP contribution in [0.15, 0.2) is 16.9 Å². The van der Waals surface area contributed by atoms with E-state index in [9.17, 15) is 4.79 Å². The molecule has 0 unspecified atom stereocenters. The molecule has 0 saturated heterocycles. The van der Waals surface area contributed by atoms with Gasteiger partial charge < -0.3 is 9.84 Å². The third kappa shape index (κ3) is 2.23. The fraction of sp³-hybridized carbons (Fsp3) is 0.333. The van der Waals surface area contributed by atoms with Crippen LogP contribution in [0.4, 0.5) is 0 Å². The summed E-state index contributed by atoms with van der Waals surface area (Å²) < 4.78 is 4.47. The quantitative estimate of drug-likeness (QED) is 0.685. The van der Waals surface area contributed by atoms with Gasteiger partial charge in [0.05, 0.1) is 0 Å². The Bertz CT molecular complexity index is 222. The highest BCUT2D eigenvalue weighted by atomic mass is 35.5. The number of rotatable bonds is 3. The predicted molar refractivity (Wildman–Crippen MR) is 39.6 cm³/mol. The first kappa shape index (κ1) is 8.07. The fourth-order valence-corrected chi connectivity index (χ4v) is 0.675. The van der Waals surface area contributed by atoms with E-state index in [-0.39, 0.29) is 11.6 Å². The van der Waals surface area contributed by atoms with Crippen molar-refractivity contribution in [2.45, 2.75) is 0 Å². The van der Waals surface area contributed by atoms with Crippen LogP contribution in [0.25, 0.3) is 0 Å². The maximum atomic E-state index is 11.0. The second-order valence-electron chi connectivity index (χ2n) is 1.83. The molecular formula is C6H7ClN2O2. The van der Waals surface area contributed by atoms with E-state index in [1.165, 1.54) is 12.3 Å². The van der Waals surface area contributed by atoms with Gasteiger partial charge in [0.2, 0.25) is 0 Å². The third-order valence-corrected chi connectivity index (χ3v) is 1.24. The van der Waals surface area contributed by atoms with Crippen LogP contribution >= 0.6 is 11.6 Å². The van der Waals surface area contributed by atoms with Crippen LogP contribution in [0, 0.1) is 0 Å². The van der Waals surface area contributed by atoms with Gasteiger partial charge in [0.25, 0.3) is 5.91 Å². The van der Waals surface area contributed by atoms with E-state index in [1.807, 2.05) is 0 Å². The highest BCUT2D eigenvalue weighted by Gasteiger charge is 2.06. The zero-order chi connectivity index (χ0) is 8.10. The number of nitrogens with zero attached hydrogens (tertiary/aromatic N) is 1. The molecule has 1 heterocycles. The molecule has 0 spiro atoms. The van der Waals surface area contributed by atoms with E-state index in [2.05, 4.69) is 15.0 Å². The monoisotopic (exact) mass is 174 g/mol. The Labute approximate surface area is 68.5 Å². The summed E-state index contributed by atoms with van der Waals surface area (Å²) in [6, 6.07) is 1.49. The van der Waals surface area contributed by atoms with Gasteiger partial charge in [-0.1, -0.05) is 5.16 Å². The van der Waals surface area contributed by atoms with Gasteiger partial charge in [-0.05, 0) is 0 Å². The van der Waals surface area contributed by atoms with Gasteiger partial charge in [-0.3, -0.25) is 4.79 Å². The average Bonchev–Trinajstić information content (AvgIpc) is 2.52. The Kier molecular flexibility index (Phi) is 2.92. The minimum Gasteiger partial charge on any atom is -0.364 e. The second-order valence-corrected chi connectivity index (χ2v) is 2.21. The molecule has 0 aliphatic heterocycles. The zero-order valence-electron chi connectivity index (χ0n) is 5.71. The van der Waals surface area contributed by atoms with Gasteiger partial charge in [0.15, 0.2) is 5.69 Å². The lowest BCUT2D eigenvalue weighted by Gasteiger charge is -1.96. The molecule has 1 N–H and O–H groups in total. The van der Waals surface area contributed by atoms with Crippen molar-refractivity contribution in [2.75, 3.05) is 12.4 Å². The maximum Gasteiger partial charge on any atom is 0.273 e. The Hall–Kier alpha value is -1.03. The van der Waals surface area contributed by atoms with Gasteiger partial charge >= 0.3 is 0 Å². The van der Waals surface area contributed by atoms with Crippen molar-refractivity contribution in [1.82, 2.24) is 10.5 Å². The Morgan fingerprint density at radius 1 is 1.82 bits per heavy atom. The summed E-state index contributed by atoms with van der Waals surface area (Å²) in [5.41, 5.74) is 0.273. The normalized spacial score (nSPS) is 9.55. The number of hydrogen-bond acceptors (Lipinski definition) is 3. The first-order valence-electron chi connectivity index (χ1n) is 3.09. The summed E-state index contributed by atoms with van der Waals surface area (Å²) in [5, 5.41) is 5.98. The van der Waals surface area contributed by atoms with Gasteiger partial charge in [0, 0.05) is 18.5 Å². The number of hydrogen-bond donors (Lipinski definition) is 1. The Morgan fingerprint density at radius 2 is 2.64 bits per heavy atom. The van der Waals surface area contributed by atoms with Crippen molar-refractivity contribution in [3.8, 4) is 0 Å². The molecule has 0 atom stereocenters. The van der Waals surface area contributed by atoms with E-state index in [0.717, 1.165) is 0 Å². The molecule has 0 aliphatic carbocycles. The molecule has 0 fully saturated rings. The lowest BCUT2D eigenvalue weighted by Crippen LogP contribution is -2.25. The number of carbonyl (C=O) groups is 1. The smallest absolute Gasteiger partial charge is 0.273 e. The highest BCUT2D eigenvalue weighted by molar-refractivity contribution is 6.18. The number of carbonyl (C=O) groups excluding carboxylic acids is 1. The largest absolute Gasteiger partial charge is 0.364 e. The number of aromatic nitrogens is 1. The van der Waals surface area contributed by atoms with Crippen LogP contribution in [0.3, 0.4) is 0 Å². The van der Waals surface area contributed by atoms with Crippen molar-refractivity contribution in [1.29, 1.82) is 0 Å². The Balaban J connectivity index is 2.43. The van der Waals surface area contributed by atoms with Crippen LogP contribution in [-0.2, 0) is 0 Å². The van der Waals surface area contributed by atoms with Crippen LogP contribution in [0.5, 0.6) is 0 Å². The number of halogens is 1. The number of nitrogens with one attached hydrogen (secondary N) is 1. The summed E-state index contributed by atoms with van der Waals surface area (Å²) in [6.45, 7) is 0.438. The molecule has 60 valence electrons. The summed E-state index contributed by atoms with van der Waals surface area (Å²) >= 11 is 5.35. The molecule has 0 aliphatic rings. The molecule has 0 aromatic carbocycles. The van der Waals surface area contributed by atoms with Gasteiger partial charge in [-0.2, -0.15) is 0 Å². The van der Waals surface area contributed by atoms with Crippen molar-refractivity contribution in [3.63, 3.8) is 0 Å². The first-order chi connectivity index (χ1) is 5.34. The lowest BCUT2D eigenvalue weighted by atomic mass is 10.4. The minimum atomic E-state index is -0.264. The van der Waals surface area contributed by atoms with Gasteiger partial charge in [-0.25, -0.2) is 0 Å². The molecule has 11 heavy (non-hydrogen) atoms. The SMILES string of the molecule is O=C(NCCCl)c1ccon1. The van der Waals surface area contributed by atoms with Crippen molar-refractivity contribution < 1.29 is 9.32 Å². The van der Waals surface area contributed by atoms with E-state index >= 15 is 0 Å². The summed E-state index contributed by atoms with van der Waals surface area (Å²) in [5.74, 6) is 0.128. The van der Waals surface area contributed by atoms with Crippen molar-refractivity contribution in [3.05, 3.63) is 18.0 Å². The minimum absolute atomic E-state index is 0.264. The Morgan fingerprint density at radius 3 is 3.18 bits per heavy atom. The summed E-state index contributed by atoms with van der Waals surface area (Å²) in [7, 11) is 0. The van der Waals surface area contributed by atoms with Crippen LogP contribution in [-0.4, -0.2) is 23.5 Å². The predicted octanol–water partition coefficient (Wildman–Crippen LogP) is 0.643. The standard InChI is InChI=1S/C6H7ClN2O2/c7-2-3-8-6(10)5-1-4-11-9-5/h1,4H,2-3H2,(H,8,10). The molecule has 1 amide bonds. The molecular weight excluding hydrogens is 168 g/mol. The molecule has 1 rings (SSSR count). The fourth-order valence-electron chi connectivity index (χ4n) is 0.581. The van der Waals surface area contributed by atoms with E-state index in [4.69, 9.17) is 11.6 Å². The molecule has 0 radical (unpaired) electrons. The van der Waals surface area contributed by atoms with Crippen LogP contribution in [0.1, 0.15) is 10.5 Å². The third-order valence-electron chi connectivity index (χ3n) is 1.05. The second kappa shape index (κ2) is 3.98. The van der Waals surface area contributed by atoms with Gasteiger partial charge in [-0.15, -0.1) is 11.6 Å². The average molecular weight is 175 g/mol. The van der Waals surface area contributed by atoms with Crippen molar-refractivity contribution in [2.24, 2.45) is 0 Å². The maximum absolute atomic E-state index is 11.0. The van der Waals surface area contributed by atoms with E-state index in [1.54, 1.807) is 0 Å². The molecule has 0 bridgehead atoms. The van der Waals surface area contributed by atoms with Gasteiger partial charge in [0.1, 0.15) is 6.26 Å². The highest BCUT2D eigenvalue weighted by Crippen LogP contribution is 1.92. The molecule has 0 saturated carbocycles. The van der Waals surface area contributed by atoms with Crippen molar-refractivity contribution >= 4 is 17.5 Å². The van der Waals surface area contributed by atoms with Crippen LogP contribution in [0.2, 0.25) is 0 Å². The summed E-state index contributed by atoms with van der Waals surface area (Å²) in [6.07, 6.45) is 1.34. The van der Waals surface area contributed by atoms with E-state index < -0.39 is 0 Å². The molecule has 1 aromatic rings. The van der Waals surface area contributed by atoms with Crippen LogP contribution < -0.4 is 5.32 Å². The molecule has 1 aromatic heterocycles. The molecule has 4 nitrogen and oxygen atoms in total. The summed E-state index contributed by atoms with van der Waals surface area (Å²) in [4.78, 5) is 11.0. The first-order valence-corrected chi connectivity index (χ1v) is 3.62. The topological polar surface area (TPSA) is 55.1 Å². The number of amides is 1. The lowest BCUT2D eigenvalue weighted by molar-refractivity contribution is 0.0947. The van der Waals surface area contributed by atoms with E-state index in [0.29, 0.717) is 12.4 Å². The molecule has 5 heteroatoms.